The first-order valence-electron chi connectivity index (χ1n) is 7.69. The van der Waals surface area contributed by atoms with Gasteiger partial charge in [0.25, 0.3) is 5.91 Å². The lowest BCUT2D eigenvalue weighted by Gasteiger charge is -2.38. The molecule has 1 aliphatic heterocycles. The fourth-order valence-corrected chi connectivity index (χ4v) is 3.84. The van der Waals surface area contributed by atoms with E-state index < -0.39 is 5.60 Å². The molecule has 4 nitrogen and oxygen atoms in total. The van der Waals surface area contributed by atoms with Gasteiger partial charge >= 0.3 is 0 Å². The highest BCUT2D eigenvalue weighted by Gasteiger charge is 2.38. The number of carbonyl (C=O) groups excluding carboxylic acids is 1. The van der Waals surface area contributed by atoms with Crippen LogP contribution in [0.15, 0.2) is 35.7 Å². The molecular formula is C18H21NO3S. The Balaban J connectivity index is 1.81. The van der Waals surface area contributed by atoms with Gasteiger partial charge in [-0.25, -0.2) is 0 Å². The SMILES string of the molecule is COCC1(CNC(=O)c2cc(C)cs2)OCCc2ccccc21. The quantitative estimate of drug-likeness (QED) is 0.916. The van der Waals surface area contributed by atoms with E-state index in [1.165, 1.54) is 16.9 Å². The maximum atomic E-state index is 12.4. The summed E-state index contributed by atoms with van der Waals surface area (Å²) in [7, 11) is 1.66. The van der Waals surface area contributed by atoms with Crippen LogP contribution in [0.1, 0.15) is 26.4 Å². The minimum absolute atomic E-state index is 0.0646. The number of amides is 1. The Kier molecular flexibility index (Phi) is 4.80. The maximum absolute atomic E-state index is 12.4. The van der Waals surface area contributed by atoms with Crippen molar-refractivity contribution in [2.24, 2.45) is 0 Å². The van der Waals surface area contributed by atoms with Gasteiger partial charge in [0.1, 0.15) is 5.60 Å². The summed E-state index contributed by atoms with van der Waals surface area (Å²) in [5.41, 5.74) is 2.85. The van der Waals surface area contributed by atoms with Gasteiger partial charge in [0.15, 0.2) is 0 Å². The van der Waals surface area contributed by atoms with Crippen LogP contribution in [0.5, 0.6) is 0 Å². The van der Waals surface area contributed by atoms with Gasteiger partial charge in [-0.2, -0.15) is 0 Å². The van der Waals surface area contributed by atoms with Crippen molar-refractivity contribution >= 4 is 17.2 Å². The standard InChI is InChI=1S/C18H21NO3S/c1-13-9-16(23-10-13)17(20)19-11-18(12-21-2)15-6-4-3-5-14(15)7-8-22-18/h3-6,9-10H,7-8,11-12H2,1-2H3,(H,19,20). The molecule has 2 heterocycles. The van der Waals surface area contributed by atoms with Crippen LogP contribution in [0.2, 0.25) is 0 Å². The third kappa shape index (κ3) is 3.32. The van der Waals surface area contributed by atoms with Crippen LogP contribution in [-0.4, -0.2) is 32.8 Å². The van der Waals surface area contributed by atoms with E-state index >= 15 is 0 Å². The summed E-state index contributed by atoms with van der Waals surface area (Å²) < 4.78 is 11.5. The highest BCUT2D eigenvalue weighted by Crippen LogP contribution is 2.33. The molecule has 0 saturated carbocycles. The lowest BCUT2D eigenvalue weighted by atomic mass is 9.86. The summed E-state index contributed by atoms with van der Waals surface area (Å²) in [5, 5.41) is 4.99. The van der Waals surface area contributed by atoms with Crippen LogP contribution in [0, 0.1) is 6.92 Å². The van der Waals surface area contributed by atoms with E-state index in [1.807, 2.05) is 30.5 Å². The Labute approximate surface area is 140 Å². The van der Waals surface area contributed by atoms with Crippen LogP contribution in [0.25, 0.3) is 0 Å². The van der Waals surface area contributed by atoms with Crippen molar-refractivity contribution in [3.05, 3.63) is 57.3 Å². The fourth-order valence-electron chi connectivity index (χ4n) is 3.03. The maximum Gasteiger partial charge on any atom is 0.261 e. The molecule has 0 radical (unpaired) electrons. The smallest absolute Gasteiger partial charge is 0.261 e. The summed E-state index contributed by atoms with van der Waals surface area (Å²) >= 11 is 1.46. The van der Waals surface area contributed by atoms with Gasteiger partial charge < -0.3 is 14.8 Å². The minimum Gasteiger partial charge on any atom is -0.381 e. The topological polar surface area (TPSA) is 47.6 Å². The molecule has 1 aliphatic rings. The van der Waals surface area contributed by atoms with Crippen molar-refractivity contribution < 1.29 is 14.3 Å². The lowest BCUT2D eigenvalue weighted by Crippen LogP contribution is -2.48. The van der Waals surface area contributed by atoms with Gasteiger partial charge in [-0.05, 0) is 41.5 Å². The van der Waals surface area contributed by atoms with Crippen molar-refractivity contribution in [2.45, 2.75) is 18.9 Å². The average Bonchev–Trinajstić information content (AvgIpc) is 3.00. The Hall–Kier alpha value is -1.69. The highest BCUT2D eigenvalue weighted by atomic mass is 32.1. The van der Waals surface area contributed by atoms with E-state index in [1.54, 1.807) is 7.11 Å². The molecule has 23 heavy (non-hydrogen) atoms. The van der Waals surface area contributed by atoms with Crippen LogP contribution >= 0.6 is 11.3 Å². The Morgan fingerprint density at radius 3 is 3.00 bits per heavy atom. The highest BCUT2D eigenvalue weighted by molar-refractivity contribution is 7.12. The van der Waals surface area contributed by atoms with Crippen molar-refractivity contribution in [2.75, 3.05) is 26.9 Å². The van der Waals surface area contributed by atoms with Crippen molar-refractivity contribution in [1.29, 1.82) is 0 Å². The number of aryl methyl sites for hydroxylation is 1. The number of hydrogen-bond acceptors (Lipinski definition) is 4. The molecule has 0 saturated heterocycles. The summed E-state index contributed by atoms with van der Waals surface area (Å²) in [4.78, 5) is 13.1. The number of fused-ring (bicyclic) bond motifs is 1. The third-order valence-electron chi connectivity index (χ3n) is 4.12. The number of benzene rings is 1. The number of nitrogens with one attached hydrogen (secondary N) is 1. The molecule has 1 atom stereocenters. The zero-order valence-electron chi connectivity index (χ0n) is 13.4. The number of ether oxygens (including phenoxy) is 2. The third-order valence-corrected chi connectivity index (χ3v) is 5.17. The second-order valence-corrected chi connectivity index (χ2v) is 6.77. The monoisotopic (exact) mass is 331 g/mol. The summed E-state index contributed by atoms with van der Waals surface area (Å²) in [6.45, 7) is 3.43. The second-order valence-electron chi connectivity index (χ2n) is 5.85. The van der Waals surface area contributed by atoms with E-state index in [0.29, 0.717) is 19.8 Å². The van der Waals surface area contributed by atoms with Crippen molar-refractivity contribution in [3.8, 4) is 0 Å². The normalized spacial score (nSPS) is 20.1. The summed E-state index contributed by atoms with van der Waals surface area (Å²) in [5.74, 6) is -0.0646. The number of carbonyl (C=O) groups is 1. The molecule has 0 bridgehead atoms. The number of rotatable bonds is 5. The second kappa shape index (κ2) is 6.83. The largest absolute Gasteiger partial charge is 0.381 e. The van der Waals surface area contributed by atoms with Gasteiger partial charge in [-0.3, -0.25) is 4.79 Å². The molecule has 0 aliphatic carbocycles. The zero-order valence-corrected chi connectivity index (χ0v) is 14.2. The summed E-state index contributed by atoms with van der Waals surface area (Å²) in [6.07, 6.45) is 0.889. The first-order valence-corrected chi connectivity index (χ1v) is 8.57. The first kappa shape index (κ1) is 16.2. The molecule has 3 rings (SSSR count). The summed E-state index contributed by atoms with van der Waals surface area (Å²) in [6, 6.07) is 10.1. The molecule has 1 amide bonds. The molecule has 0 fully saturated rings. The number of hydrogen-bond donors (Lipinski definition) is 1. The predicted octanol–water partition coefficient (Wildman–Crippen LogP) is 2.90. The van der Waals surface area contributed by atoms with Crippen LogP contribution < -0.4 is 5.32 Å². The fraction of sp³-hybridized carbons (Fsp3) is 0.389. The van der Waals surface area contributed by atoms with Gasteiger partial charge in [0.2, 0.25) is 0 Å². The molecule has 0 spiro atoms. The van der Waals surface area contributed by atoms with Gasteiger partial charge in [0.05, 0.1) is 24.6 Å². The van der Waals surface area contributed by atoms with Gasteiger partial charge in [0, 0.05) is 7.11 Å². The zero-order chi connectivity index (χ0) is 16.3. The molecule has 1 aromatic carbocycles. The molecular weight excluding hydrogens is 310 g/mol. The minimum atomic E-state index is -0.619. The average molecular weight is 331 g/mol. The first-order chi connectivity index (χ1) is 11.1. The molecule has 122 valence electrons. The number of thiophene rings is 1. The van der Waals surface area contributed by atoms with Crippen molar-refractivity contribution in [1.82, 2.24) is 5.32 Å². The molecule has 1 N–H and O–H groups in total. The predicted molar refractivity (Wildman–Crippen MR) is 91.0 cm³/mol. The van der Waals surface area contributed by atoms with Crippen LogP contribution in [0.3, 0.4) is 0 Å². The Morgan fingerprint density at radius 1 is 1.43 bits per heavy atom. The molecule has 2 aromatic rings. The van der Waals surface area contributed by atoms with E-state index in [4.69, 9.17) is 9.47 Å². The van der Waals surface area contributed by atoms with Gasteiger partial charge in [-0.1, -0.05) is 24.3 Å². The van der Waals surface area contributed by atoms with E-state index in [9.17, 15) is 4.79 Å². The van der Waals surface area contributed by atoms with E-state index in [-0.39, 0.29) is 5.91 Å². The Morgan fingerprint density at radius 2 is 2.26 bits per heavy atom. The molecule has 5 heteroatoms. The lowest BCUT2D eigenvalue weighted by molar-refractivity contribution is -0.0997. The van der Waals surface area contributed by atoms with Crippen LogP contribution in [0.4, 0.5) is 0 Å². The molecule has 1 aromatic heterocycles. The van der Waals surface area contributed by atoms with Crippen LogP contribution in [-0.2, 0) is 21.5 Å². The number of methoxy groups -OCH3 is 1. The molecule has 1 unspecified atom stereocenters. The Bertz CT molecular complexity index is 697. The van der Waals surface area contributed by atoms with Crippen molar-refractivity contribution in [3.63, 3.8) is 0 Å². The van der Waals surface area contributed by atoms with E-state index in [0.717, 1.165) is 22.4 Å². The van der Waals surface area contributed by atoms with Gasteiger partial charge in [-0.15, -0.1) is 11.3 Å². The van der Waals surface area contributed by atoms with E-state index in [2.05, 4.69) is 17.4 Å².